The molecule has 0 spiro atoms. The van der Waals surface area contributed by atoms with Crippen LogP contribution in [-0.4, -0.2) is 34.2 Å². The van der Waals surface area contributed by atoms with E-state index in [1.165, 1.54) is 23.7 Å². The van der Waals surface area contributed by atoms with Crippen LogP contribution < -0.4 is 5.73 Å². The summed E-state index contributed by atoms with van der Waals surface area (Å²) in [6.45, 7) is 7.46. The van der Waals surface area contributed by atoms with Crippen LogP contribution in [0.4, 0.5) is 0 Å². The quantitative estimate of drug-likeness (QED) is 0.525. The summed E-state index contributed by atoms with van der Waals surface area (Å²) in [5.74, 6) is 0.699. The Morgan fingerprint density at radius 1 is 1.21 bits per heavy atom. The third-order valence-electron chi connectivity index (χ3n) is 1.71. The number of hydrogen-bond acceptors (Lipinski definition) is 2. The summed E-state index contributed by atoms with van der Waals surface area (Å²) in [6.07, 6.45) is 3.78. The fraction of sp³-hybridized carbons (Fsp3) is 1.00. The van der Waals surface area contributed by atoms with Crippen molar-refractivity contribution in [1.82, 2.24) is 0 Å². The van der Waals surface area contributed by atoms with Gasteiger partial charge >= 0.3 is 93.4 Å². The molecule has 0 saturated carbocycles. The molecular weight excluding hydrogens is 349 g/mol. The first kappa shape index (κ1) is 17.6. The molecular formula is C10H24BrNOSn. The Balaban J connectivity index is 0. The summed E-state index contributed by atoms with van der Waals surface area (Å²) in [5.41, 5.74) is 5.66. The van der Waals surface area contributed by atoms with Crippen LogP contribution in [0.3, 0.4) is 0 Å². The maximum atomic E-state index is 5.66. The van der Waals surface area contributed by atoms with E-state index in [2.05, 4.69) is 20.8 Å². The molecule has 0 aromatic heterocycles. The van der Waals surface area contributed by atoms with Crippen LogP contribution in [0.15, 0.2) is 0 Å². The topological polar surface area (TPSA) is 35.2 Å². The molecule has 0 aromatic rings. The number of unbranched alkanes of at least 4 members (excludes halogenated alkanes) is 1. The summed E-state index contributed by atoms with van der Waals surface area (Å²) in [5, 5.41) is 0. The van der Waals surface area contributed by atoms with Gasteiger partial charge in [-0.15, -0.1) is 17.0 Å². The second-order valence-corrected chi connectivity index (χ2v) is 7.15. The zero-order valence-electron chi connectivity index (χ0n) is 9.58. The van der Waals surface area contributed by atoms with E-state index >= 15 is 0 Å². The van der Waals surface area contributed by atoms with E-state index in [0.29, 0.717) is 12.0 Å². The normalized spacial score (nSPS) is 12.6. The van der Waals surface area contributed by atoms with Crippen molar-refractivity contribution >= 4 is 38.5 Å². The number of rotatable bonds is 8. The van der Waals surface area contributed by atoms with Gasteiger partial charge in [0.05, 0.1) is 0 Å². The Morgan fingerprint density at radius 3 is 2.36 bits per heavy atom. The van der Waals surface area contributed by atoms with Crippen molar-refractivity contribution in [3.8, 4) is 0 Å². The summed E-state index contributed by atoms with van der Waals surface area (Å²) in [6, 6.07) is 0.377. The first-order chi connectivity index (χ1) is 6.13. The van der Waals surface area contributed by atoms with E-state index in [1.807, 2.05) is 0 Å². The Kier molecular flexibility index (Phi) is 15.4. The number of nitrogens with two attached hydrogens (primary N) is 1. The standard InChI is InChI=1S/C6H14N.C4H9O.BrH.Sn/c1-3-4-5-6(2)7;1-4(2)3-5;;/h6H,1,3-5,7H2,2H3;4H,3H2,1-2H3;1H;/q;-1;;+1. The van der Waals surface area contributed by atoms with E-state index in [-0.39, 0.29) is 17.0 Å². The predicted octanol–water partition coefficient (Wildman–Crippen LogP) is 2.79. The molecule has 0 amide bonds. The van der Waals surface area contributed by atoms with E-state index in [0.717, 1.165) is 6.61 Å². The summed E-state index contributed by atoms with van der Waals surface area (Å²) < 4.78 is 6.99. The molecule has 0 rings (SSSR count). The van der Waals surface area contributed by atoms with Gasteiger partial charge in [0.25, 0.3) is 0 Å². The molecule has 0 aliphatic carbocycles. The van der Waals surface area contributed by atoms with Crippen LogP contribution >= 0.6 is 17.0 Å². The van der Waals surface area contributed by atoms with Crippen molar-refractivity contribution in [3.05, 3.63) is 0 Å². The Hall–Kier alpha value is 1.20. The zero-order chi connectivity index (χ0) is 10.1. The van der Waals surface area contributed by atoms with Gasteiger partial charge in [-0.2, -0.15) is 0 Å². The first-order valence-electron chi connectivity index (χ1n) is 5.23. The van der Waals surface area contributed by atoms with Gasteiger partial charge in [0, 0.05) is 0 Å². The summed E-state index contributed by atoms with van der Waals surface area (Å²) in [7, 11) is 0. The summed E-state index contributed by atoms with van der Waals surface area (Å²) >= 11 is -0.471. The average Bonchev–Trinajstić information content (AvgIpc) is 2.01. The SMILES string of the molecule is Br.CC(C)C[O][Sn][CH2]CCCC(C)N. The molecule has 2 N–H and O–H groups in total. The number of halogens is 1. The van der Waals surface area contributed by atoms with Crippen molar-refractivity contribution in [1.29, 1.82) is 0 Å². The van der Waals surface area contributed by atoms with Gasteiger partial charge in [-0.3, -0.25) is 0 Å². The molecule has 4 heteroatoms. The van der Waals surface area contributed by atoms with Crippen molar-refractivity contribution in [2.24, 2.45) is 11.7 Å². The molecule has 0 heterocycles. The van der Waals surface area contributed by atoms with E-state index in [1.54, 1.807) is 0 Å². The van der Waals surface area contributed by atoms with Crippen LogP contribution in [-0.2, 0) is 3.07 Å². The third-order valence-corrected chi connectivity index (χ3v) is 4.36. The Morgan fingerprint density at radius 2 is 1.86 bits per heavy atom. The van der Waals surface area contributed by atoms with E-state index in [4.69, 9.17) is 8.81 Å². The summed E-state index contributed by atoms with van der Waals surface area (Å²) in [4.78, 5) is 0. The molecule has 0 fully saturated rings. The minimum atomic E-state index is -0.471. The molecule has 0 bridgehead atoms. The van der Waals surface area contributed by atoms with Crippen LogP contribution in [0.2, 0.25) is 4.44 Å². The molecule has 0 aromatic carbocycles. The minimum absolute atomic E-state index is 0. The fourth-order valence-electron chi connectivity index (χ4n) is 0.961. The van der Waals surface area contributed by atoms with Crippen molar-refractivity contribution in [3.63, 3.8) is 0 Å². The molecule has 1 atom stereocenters. The molecule has 14 heavy (non-hydrogen) atoms. The van der Waals surface area contributed by atoms with Gasteiger partial charge in [-0.05, 0) is 0 Å². The molecule has 2 nitrogen and oxygen atoms in total. The second-order valence-electron chi connectivity index (χ2n) is 4.07. The van der Waals surface area contributed by atoms with Gasteiger partial charge in [0.2, 0.25) is 0 Å². The Bertz CT molecular complexity index is 100. The first-order valence-corrected chi connectivity index (χ1v) is 8.41. The zero-order valence-corrected chi connectivity index (χ0v) is 14.2. The van der Waals surface area contributed by atoms with Crippen LogP contribution in [0.5, 0.6) is 0 Å². The molecule has 0 aliphatic rings. The number of hydrogen-bond donors (Lipinski definition) is 1. The van der Waals surface area contributed by atoms with Gasteiger partial charge < -0.3 is 0 Å². The predicted molar refractivity (Wildman–Crippen MR) is 69.2 cm³/mol. The molecule has 86 valence electrons. The van der Waals surface area contributed by atoms with Crippen LogP contribution in [0, 0.1) is 5.92 Å². The molecule has 2 radical (unpaired) electrons. The third kappa shape index (κ3) is 15.7. The van der Waals surface area contributed by atoms with E-state index < -0.39 is 21.6 Å². The Labute approximate surface area is 110 Å². The molecule has 1 unspecified atom stereocenters. The van der Waals surface area contributed by atoms with Gasteiger partial charge in [-0.1, -0.05) is 0 Å². The maximum absolute atomic E-state index is 5.66. The van der Waals surface area contributed by atoms with Crippen LogP contribution in [0.1, 0.15) is 40.0 Å². The molecule has 0 aliphatic heterocycles. The van der Waals surface area contributed by atoms with Crippen molar-refractivity contribution in [2.75, 3.05) is 6.61 Å². The van der Waals surface area contributed by atoms with Crippen LogP contribution in [0.25, 0.3) is 0 Å². The second kappa shape index (κ2) is 12.3. The average molecular weight is 373 g/mol. The molecule has 0 saturated heterocycles. The fourth-order valence-corrected chi connectivity index (χ4v) is 3.79. The van der Waals surface area contributed by atoms with Gasteiger partial charge in [0.1, 0.15) is 0 Å². The monoisotopic (exact) mass is 373 g/mol. The van der Waals surface area contributed by atoms with Gasteiger partial charge in [-0.25, -0.2) is 0 Å². The van der Waals surface area contributed by atoms with Crippen molar-refractivity contribution < 1.29 is 3.07 Å². The van der Waals surface area contributed by atoms with Crippen molar-refractivity contribution in [2.45, 2.75) is 50.5 Å². The van der Waals surface area contributed by atoms with Gasteiger partial charge in [0.15, 0.2) is 0 Å². The van der Waals surface area contributed by atoms with E-state index in [9.17, 15) is 0 Å².